The molecular formula is C2H8N6S4. The number of hydrogen-bond acceptors (Lipinski definition) is 8. The Morgan fingerprint density at radius 3 is 2.00 bits per heavy atom. The molecule has 12 heavy (non-hydrogen) atoms. The summed E-state index contributed by atoms with van der Waals surface area (Å²) in [5.74, 6) is 10.1. The lowest BCUT2D eigenvalue weighted by atomic mass is 11.4. The van der Waals surface area contributed by atoms with Gasteiger partial charge in [-0.25, -0.2) is 0 Å². The second kappa shape index (κ2) is 6.80. The Hall–Kier alpha value is 0.320. The van der Waals surface area contributed by atoms with E-state index in [4.69, 9.17) is 29.6 Å². The first-order chi connectivity index (χ1) is 5.61. The molecular weight excluding hydrogens is 236 g/mol. The number of thiocarbonyl (C=S) groups is 2. The van der Waals surface area contributed by atoms with Crippen LogP contribution >= 0.6 is 46.0 Å². The lowest BCUT2D eigenvalue weighted by molar-refractivity contribution is 0.236. The molecule has 0 saturated carbocycles. The van der Waals surface area contributed by atoms with Crippen molar-refractivity contribution in [3.05, 3.63) is 0 Å². The van der Waals surface area contributed by atoms with Crippen molar-refractivity contribution in [2.24, 2.45) is 17.4 Å². The van der Waals surface area contributed by atoms with Gasteiger partial charge in [0.2, 0.25) is 0 Å². The van der Waals surface area contributed by atoms with Gasteiger partial charge in [0.05, 0.1) is 0 Å². The first-order valence-electron chi connectivity index (χ1n) is 2.52. The Labute approximate surface area is 88.2 Å². The van der Waals surface area contributed by atoms with Gasteiger partial charge in [-0.15, -0.1) is 0 Å². The third kappa shape index (κ3) is 5.05. The average Bonchev–Trinajstić information content (AvgIpc) is 2.03. The summed E-state index contributed by atoms with van der Waals surface area (Å²) in [6.45, 7) is 0. The molecule has 0 aliphatic heterocycles. The molecule has 0 heterocycles. The highest BCUT2D eigenvalue weighted by Gasteiger charge is 2.07. The van der Waals surface area contributed by atoms with Gasteiger partial charge in [-0.05, 0) is 33.8 Å². The Morgan fingerprint density at radius 1 is 1.17 bits per heavy atom. The highest BCUT2D eigenvalue weighted by atomic mass is 33.1. The smallest absolute Gasteiger partial charge is 0.180 e. The van der Waals surface area contributed by atoms with Crippen molar-refractivity contribution in [1.29, 1.82) is 0 Å². The lowest BCUT2D eigenvalue weighted by Gasteiger charge is -2.19. The van der Waals surface area contributed by atoms with E-state index in [1.165, 1.54) is 0 Å². The molecule has 0 radical (unpaired) electrons. The van der Waals surface area contributed by atoms with Gasteiger partial charge in [-0.2, -0.15) is 16.2 Å². The van der Waals surface area contributed by atoms with Crippen molar-refractivity contribution in [1.82, 2.24) is 16.2 Å². The normalized spacial score (nSPS) is 9.50. The fraction of sp³-hybridized carbons (Fsp3) is 0. The molecule has 0 aliphatic carbocycles. The molecule has 10 heteroatoms. The highest BCUT2D eigenvalue weighted by molar-refractivity contribution is 8.89. The summed E-state index contributed by atoms with van der Waals surface area (Å²) in [5.41, 5.74) is 9.64. The van der Waals surface area contributed by atoms with Crippen LogP contribution < -0.4 is 28.5 Å². The van der Waals surface area contributed by atoms with Gasteiger partial charge in [0, 0.05) is 0 Å². The molecule has 0 aromatic rings. The van der Waals surface area contributed by atoms with E-state index < -0.39 is 0 Å². The van der Waals surface area contributed by atoms with Gasteiger partial charge < -0.3 is 5.73 Å². The van der Waals surface area contributed by atoms with Crippen LogP contribution in [0.4, 0.5) is 0 Å². The van der Waals surface area contributed by atoms with Crippen molar-refractivity contribution in [3.63, 3.8) is 0 Å². The monoisotopic (exact) mass is 244 g/mol. The van der Waals surface area contributed by atoms with E-state index in [9.17, 15) is 0 Å². The molecule has 0 amide bonds. The zero-order valence-corrected chi connectivity index (χ0v) is 9.08. The van der Waals surface area contributed by atoms with Crippen LogP contribution in [-0.4, -0.2) is 13.8 Å². The predicted molar refractivity (Wildman–Crippen MR) is 61.1 cm³/mol. The van der Waals surface area contributed by atoms with Crippen molar-refractivity contribution >= 4 is 54.7 Å². The molecule has 0 spiro atoms. The quantitative estimate of drug-likeness (QED) is 0.179. The first-order valence-corrected chi connectivity index (χ1v) is 5.49. The molecule has 8 N–H and O–H groups in total. The molecule has 0 bridgehead atoms. The van der Waals surface area contributed by atoms with E-state index in [2.05, 4.69) is 23.3 Å². The summed E-state index contributed by atoms with van der Waals surface area (Å²) >= 11 is 9.47. The molecule has 0 aromatic heterocycles. The zero-order chi connectivity index (χ0) is 9.56. The number of hydrazine groups is 4. The van der Waals surface area contributed by atoms with Crippen molar-refractivity contribution < 1.29 is 0 Å². The lowest BCUT2D eigenvalue weighted by Crippen LogP contribution is -2.56. The van der Waals surface area contributed by atoms with Gasteiger partial charge in [0.1, 0.15) is 4.32 Å². The number of rotatable bonds is 2. The SMILES string of the molecule is NNN(NN)C(=S)SSC(N)=S. The minimum atomic E-state index is 0.288. The van der Waals surface area contributed by atoms with E-state index in [1.807, 2.05) is 0 Å². The largest absolute Gasteiger partial charge is 0.384 e. The topological polar surface area (TPSA) is 105 Å². The van der Waals surface area contributed by atoms with Gasteiger partial charge in [-0.1, -0.05) is 12.2 Å². The van der Waals surface area contributed by atoms with Crippen LogP contribution in [0.5, 0.6) is 0 Å². The fourth-order valence-corrected chi connectivity index (χ4v) is 1.99. The molecule has 6 nitrogen and oxygen atoms in total. The van der Waals surface area contributed by atoms with Gasteiger partial charge in [0.15, 0.2) is 4.32 Å². The number of nitrogens with one attached hydrogen (secondary N) is 2. The molecule has 0 saturated heterocycles. The number of nitrogens with two attached hydrogens (primary N) is 3. The number of nitrogens with zero attached hydrogens (tertiary/aromatic N) is 1. The Morgan fingerprint density at radius 2 is 1.67 bits per heavy atom. The van der Waals surface area contributed by atoms with E-state index >= 15 is 0 Å². The number of hydrogen-bond donors (Lipinski definition) is 5. The third-order valence-corrected chi connectivity index (χ3v) is 3.79. The first kappa shape index (κ1) is 12.3. The summed E-state index contributed by atoms with van der Waals surface area (Å²) in [5, 5.41) is 1.14. The molecule has 70 valence electrons. The molecule has 0 aliphatic rings. The Balaban J connectivity index is 3.77. The van der Waals surface area contributed by atoms with E-state index in [-0.39, 0.29) is 4.32 Å². The van der Waals surface area contributed by atoms with Crippen LogP contribution in [0, 0.1) is 0 Å². The maximum atomic E-state index is 5.22. The Kier molecular flexibility index (Phi) is 6.98. The van der Waals surface area contributed by atoms with Crippen LogP contribution in [0.2, 0.25) is 0 Å². The summed E-state index contributed by atoms with van der Waals surface area (Å²) in [6, 6.07) is 0. The second-order valence-corrected chi connectivity index (χ2v) is 4.85. The Bertz CT molecular complexity index is 167. The molecule has 0 rings (SSSR count). The van der Waals surface area contributed by atoms with Crippen molar-refractivity contribution in [2.45, 2.75) is 0 Å². The van der Waals surface area contributed by atoms with E-state index in [1.54, 1.807) is 0 Å². The van der Waals surface area contributed by atoms with Crippen LogP contribution in [0.1, 0.15) is 0 Å². The van der Waals surface area contributed by atoms with Crippen LogP contribution in [0.15, 0.2) is 0 Å². The highest BCUT2D eigenvalue weighted by Crippen LogP contribution is 2.23. The standard InChI is InChI=1S/C2H8N6S4/c3-1(9)11-12-2(10)8(6-4)7-5/h6-7H,4-5H2,(H2,3,9). The predicted octanol–water partition coefficient (Wildman–Crippen LogP) is -1.05. The van der Waals surface area contributed by atoms with Gasteiger partial charge >= 0.3 is 0 Å². The van der Waals surface area contributed by atoms with Gasteiger partial charge in [0.25, 0.3) is 0 Å². The molecule has 0 unspecified atom stereocenters. The third-order valence-electron chi connectivity index (χ3n) is 0.636. The van der Waals surface area contributed by atoms with Crippen LogP contribution in [0.25, 0.3) is 0 Å². The minimum Gasteiger partial charge on any atom is -0.384 e. The fourth-order valence-electron chi connectivity index (χ4n) is 0.257. The summed E-state index contributed by atoms with van der Waals surface area (Å²) in [7, 11) is 2.31. The average molecular weight is 244 g/mol. The summed E-state index contributed by atoms with van der Waals surface area (Å²) in [6.07, 6.45) is 0. The van der Waals surface area contributed by atoms with Gasteiger partial charge in [-0.3, -0.25) is 11.7 Å². The summed E-state index contributed by atoms with van der Waals surface area (Å²) in [4.78, 5) is 0. The maximum Gasteiger partial charge on any atom is 0.180 e. The van der Waals surface area contributed by atoms with Crippen molar-refractivity contribution in [3.8, 4) is 0 Å². The molecule has 0 atom stereocenters. The second-order valence-electron chi connectivity index (χ2n) is 1.35. The molecule has 0 aromatic carbocycles. The van der Waals surface area contributed by atoms with E-state index in [0.717, 1.165) is 26.7 Å². The van der Waals surface area contributed by atoms with E-state index in [0.29, 0.717) is 4.32 Å². The van der Waals surface area contributed by atoms with Crippen LogP contribution in [0.3, 0.4) is 0 Å². The van der Waals surface area contributed by atoms with Crippen molar-refractivity contribution in [2.75, 3.05) is 0 Å². The zero-order valence-electron chi connectivity index (χ0n) is 5.81. The maximum absolute atomic E-state index is 5.22. The molecule has 0 fully saturated rings. The summed E-state index contributed by atoms with van der Waals surface area (Å²) < 4.78 is 0.661. The minimum absolute atomic E-state index is 0.288. The van der Waals surface area contributed by atoms with Crippen LogP contribution in [-0.2, 0) is 0 Å².